The van der Waals surface area contributed by atoms with Crippen molar-refractivity contribution in [3.63, 3.8) is 0 Å². The minimum atomic E-state index is 0.265. The van der Waals surface area contributed by atoms with Crippen LogP contribution in [0.5, 0.6) is 5.75 Å². The van der Waals surface area contributed by atoms with Crippen LogP contribution in [0.15, 0.2) is 29.3 Å². The van der Waals surface area contributed by atoms with E-state index in [-0.39, 0.29) is 5.92 Å². The average molecular weight is 192 g/mol. The van der Waals surface area contributed by atoms with Crippen molar-refractivity contribution in [3.05, 3.63) is 24.3 Å². The minimum absolute atomic E-state index is 0.265. The largest absolute Gasteiger partial charge is 0.497 e. The molecule has 0 aliphatic rings. The lowest BCUT2D eigenvalue weighted by Gasteiger charge is -2.04. The second-order valence-electron chi connectivity index (χ2n) is 3.39. The van der Waals surface area contributed by atoms with Gasteiger partial charge in [-0.2, -0.15) is 0 Å². The highest BCUT2D eigenvalue weighted by Crippen LogP contribution is 2.19. The zero-order valence-electron chi connectivity index (χ0n) is 8.82. The molecule has 0 fully saturated rings. The van der Waals surface area contributed by atoms with E-state index in [1.54, 1.807) is 7.11 Å². The van der Waals surface area contributed by atoms with E-state index in [0.29, 0.717) is 5.84 Å². The molecule has 0 unspecified atom stereocenters. The number of nitrogens with zero attached hydrogens (tertiary/aromatic N) is 1. The molecule has 3 heteroatoms. The van der Waals surface area contributed by atoms with Gasteiger partial charge in [-0.25, -0.2) is 4.99 Å². The van der Waals surface area contributed by atoms with Crippen molar-refractivity contribution >= 4 is 11.5 Å². The van der Waals surface area contributed by atoms with Gasteiger partial charge in [0.25, 0.3) is 0 Å². The van der Waals surface area contributed by atoms with Gasteiger partial charge in [0, 0.05) is 12.0 Å². The number of aliphatic imine (C=N–C) groups is 1. The van der Waals surface area contributed by atoms with Gasteiger partial charge in [-0.1, -0.05) is 19.9 Å². The van der Waals surface area contributed by atoms with E-state index >= 15 is 0 Å². The topological polar surface area (TPSA) is 47.6 Å². The quantitative estimate of drug-likeness (QED) is 0.590. The number of hydrogen-bond donors (Lipinski definition) is 1. The molecular weight excluding hydrogens is 176 g/mol. The summed E-state index contributed by atoms with van der Waals surface area (Å²) in [6.07, 6.45) is 0. The van der Waals surface area contributed by atoms with Crippen molar-refractivity contribution in [2.45, 2.75) is 13.8 Å². The first-order valence-corrected chi connectivity index (χ1v) is 4.61. The van der Waals surface area contributed by atoms with Crippen LogP contribution < -0.4 is 10.5 Å². The third kappa shape index (κ3) is 2.76. The number of rotatable bonds is 3. The summed E-state index contributed by atoms with van der Waals surface area (Å²) in [5.41, 5.74) is 6.58. The summed E-state index contributed by atoms with van der Waals surface area (Å²) < 4.78 is 5.09. The molecule has 3 nitrogen and oxygen atoms in total. The second-order valence-corrected chi connectivity index (χ2v) is 3.39. The number of amidine groups is 1. The number of ether oxygens (including phenoxy) is 1. The molecular formula is C11H16N2O. The summed E-state index contributed by atoms with van der Waals surface area (Å²) in [6.45, 7) is 4.03. The summed E-state index contributed by atoms with van der Waals surface area (Å²) in [5.74, 6) is 1.70. The van der Waals surface area contributed by atoms with Crippen LogP contribution in [0.1, 0.15) is 13.8 Å². The second kappa shape index (κ2) is 4.65. The molecule has 0 saturated carbocycles. The first-order valence-electron chi connectivity index (χ1n) is 4.61. The highest BCUT2D eigenvalue weighted by Gasteiger charge is 1.99. The van der Waals surface area contributed by atoms with E-state index in [9.17, 15) is 0 Å². The molecule has 0 aliphatic carbocycles. The lowest BCUT2D eigenvalue weighted by Crippen LogP contribution is -2.17. The highest BCUT2D eigenvalue weighted by molar-refractivity contribution is 5.84. The molecule has 0 heterocycles. The Bertz CT molecular complexity index is 332. The molecule has 1 aromatic carbocycles. The van der Waals surface area contributed by atoms with Gasteiger partial charge in [0.2, 0.25) is 0 Å². The van der Waals surface area contributed by atoms with Crippen molar-refractivity contribution in [2.24, 2.45) is 16.6 Å². The molecule has 1 aromatic rings. The molecule has 0 aliphatic heterocycles. The zero-order chi connectivity index (χ0) is 10.6. The van der Waals surface area contributed by atoms with E-state index < -0.39 is 0 Å². The van der Waals surface area contributed by atoms with Crippen molar-refractivity contribution < 1.29 is 4.74 Å². The fraction of sp³-hybridized carbons (Fsp3) is 0.364. The van der Waals surface area contributed by atoms with Crippen LogP contribution in [-0.4, -0.2) is 12.9 Å². The van der Waals surface area contributed by atoms with Crippen molar-refractivity contribution in [1.82, 2.24) is 0 Å². The van der Waals surface area contributed by atoms with Gasteiger partial charge in [0.15, 0.2) is 0 Å². The van der Waals surface area contributed by atoms with Crippen molar-refractivity contribution in [2.75, 3.05) is 7.11 Å². The van der Waals surface area contributed by atoms with Crippen LogP contribution in [0.25, 0.3) is 0 Å². The molecule has 0 aromatic heterocycles. The lowest BCUT2D eigenvalue weighted by molar-refractivity contribution is 0.415. The van der Waals surface area contributed by atoms with Gasteiger partial charge in [-0.05, 0) is 12.1 Å². The van der Waals surface area contributed by atoms with Gasteiger partial charge in [-0.15, -0.1) is 0 Å². The van der Waals surface area contributed by atoms with E-state index in [4.69, 9.17) is 10.5 Å². The molecule has 14 heavy (non-hydrogen) atoms. The minimum Gasteiger partial charge on any atom is -0.497 e. The molecule has 2 N–H and O–H groups in total. The molecule has 0 bridgehead atoms. The lowest BCUT2D eigenvalue weighted by atomic mass is 10.2. The third-order valence-electron chi connectivity index (χ3n) is 1.90. The first kappa shape index (κ1) is 10.6. The Morgan fingerprint density at radius 3 is 2.71 bits per heavy atom. The predicted molar refractivity (Wildman–Crippen MR) is 59.1 cm³/mol. The molecule has 76 valence electrons. The number of hydrogen-bond acceptors (Lipinski definition) is 2. The highest BCUT2D eigenvalue weighted by atomic mass is 16.5. The maximum absolute atomic E-state index is 5.75. The number of methoxy groups -OCH3 is 1. The van der Waals surface area contributed by atoms with Crippen molar-refractivity contribution in [3.8, 4) is 5.75 Å². The van der Waals surface area contributed by atoms with E-state index in [1.807, 2.05) is 38.1 Å². The number of nitrogens with two attached hydrogens (primary N) is 1. The molecule has 0 spiro atoms. The van der Waals surface area contributed by atoms with E-state index in [2.05, 4.69) is 4.99 Å². The summed E-state index contributed by atoms with van der Waals surface area (Å²) in [7, 11) is 1.63. The van der Waals surface area contributed by atoms with E-state index in [1.165, 1.54) is 0 Å². The summed E-state index contributed by atoms with van der Waals surface area (Å²) in [4.78, 5) is 4.28. The van der Waals surface area contributed by atoms with Crippen LogP contribution >= 0.6 is 0 Å². The van der Waals surface area contributed by atoms with Gasteiger partial charge in [-0.3, -0.25) is 0 Å². The van der Waals surface area contributed by atoms with Crippen LogP contribution in [0, 0.1) is 5.92 Å². The maximum Gasteiger partial charge on any atom is 0.121 e. The summed E-state index contributed by atoms with van der Waals surface area (Å²) in [5, 5.41) is 0. The average Bonchev–Trinajstić information content (AvgIpc) is 2.18. The standard InChI is InChI=1S/C11H16N2O/c1-8(2)11(12)13-9-5-4-6-10(7-9)14-3/h4-8H,1-3H3,(H2,12,13). The fourth-order valence-corrected chi connectivity index (χ4v) is 0.958. The predicted octanol–water partition coefficient (Wildman–Crippen LogP) is 2.34. The molecule has 1 rings (SSSR count). The van der Waals surface area contributed by atoms with Gasteiger partial charge >= 0.3 is 0 Å². The van der Waals surface area contributed by atoms with Crippen LogP contribution in [0.4, 0.5) is 5.69 Å². The van der Waals surface area contributed by atoms with Crippen LogP contribution in [0.3, 0.4) is 0 Å². The van der Waals surface area contributed by atoms with Gasteiger partial charge in [0.1, 0.15) is 11.6 Å². The van der Waals surface area contributed by atoms with Gasteiger partial charge < -0.3 is 10.5 Å². The van der Waals surface area contributed by atoms with E-state index in [0.717, 1.165) is 11.4 Å². The van der Waals surface area contributed by atoms with Crippen LogP contribution in [-0.2, 0) is 0 Å². The molecule has 0 amide bonds. The first-order chi connectivity index (χ1) is 6.63. The summed E-state index contributed by atoms with van der Waals surface area (Å²) >= 11 is 0. The Kier molecular flexibility index (Phi) is 3.51. The number of benzene rings is 1. The Labute approximate surface area is 84.6 Å². The molecule has 0 atom stereocenters. The zero-order valence-corrected chi connectivity index (χ0v) is 8.82. The smallest absolute Gasteiger partial charge is 0.121 e. The Morgan fingerprint density at radius 1 is 1.43 bits per heavy atom. The monoisotopic (exact) mass is 192 g/mol. The maximum atomic E-state index is 5.75. The Hall–Kier alpha value is -1.51. The van der Waals surface area contributed by atoms with Crippen LogP contribution in [0.2, 0.25) is 0 Å². The third-order valence-corrected chi connectivity index (χ3v) is 1.90. The Morgan fingerprint density at radius 2 is 2.14 bits per heavy atom. The molecule has 0 radical (unpaired) electrons. The van der Waals surface area contributed by atoms with Crippen molar-refractivity contribution in [1.29, 1.82) is 0 Å². The molecule has 0 saturated heterocycles. The fourth-order valence-electron chi connectivity index (χ4n) is 0.958. The normalized spacial score (nSPS) is 11.9. The summed E-state index contributed by atoms with van der Waals surface area (Å²) in [6, 6.07) is 7.53. The van der Waals surface area contributed by atoms with Gasteiger partial charge in [0.05, 0.1) is 12.8 Å². The Balaban J connectivity index is 2.91. The SMILES string of the molecule is COc1cccc(N=C(N)C(C)C)c1.